The highest BCUT2D eigenvalue weighted by Gasteiger charge is 2.16. The van der Waals surface area contributed by atoms with E-state index < -0.39 is 11.7 Å². The Morgan fingerprint density at radius 3 is 2.14 bits per heavy atom. The number of aromatic nitrogens is 1. The second kappa shape index (κ2) is 11.4. The van der Waals surface area contributed by atoms with E-state index in [1.54, 1.807) is 45.0 Å². The van der Waals surface area contributed by atoms with Crippen LogP contribution in [-0.2, 0) is 17.7 Å². The minimum absolute atomic E-state index is 0.104. The van der Waals surface area contributed by atoms with E-state index in [9.17, 15) is 14.4 Å². The van der Waals surface area contributed by atoms with Gasteiger partial charge in [0.15, 0.2) is 5.78 Å². The van der Waals surface area contributed by atoms with Gasteiger partial charge >= 0.3 is 6.09 Å². The summed E-state index contributed by atoms with van der Waals surface area (Å²) in [7, 11) is 0. The lowest BCUT2D eigenvalue weighted by molar-refractivity contribution is 0.0635. The summed E-state index contributed by atoms with van der Waals surface area (Å²) in [6.45, 7) is 7.84. The number of nitrogens with zero attached hydrogens (tertiary/aromatic N) is 1. The van der Waals surface area contributed by atoms with E-state index in [-0.39, 0.29) is 18.1 Å². The molecule has 0 fully saturated rings. The molecule has 0 saturated carbocycles. The zero-order valence-corrected chi connectivity index (χ0v) is 20.6. The molecule has 2 aromatic carbocycles. The number of ketones is 1. The number of ether oxygens (including phenoxy) is 1. The van der Waals surface area contributed by atoms with Gasteiger partial charge in [0.05, 0.1) is 5.56 Å². The van der Waals surface area contributed by atoms with Crippen LogP contribution in [0.1, 0.15) is 64.7 Å². The van der Waals surface area contributed by atoms with Gasteiger partial charge in [0, 0.05) is 24.8 Å². The Morgan fingerprint density at radius 1 is 0.886 bits per heavy atom. The predicted molar refractivity (Wildman–Crippen MR) is 136 cm³/mol. The van der Waals surface area contributed by atoms with E-state index >= 15 is 0 Å². The van der Waals surface area contributed by atoms with Gasteiger partial charge in [0.1, 0.15) is 11.3 Å². The largest absolute Gasteiger partial charge is 0.444 e. The van der Waals surface area contributed by atoms with E-state index in [1.165, 1.54) is 6.20 Å². The first-order valence-corrected chi connectivity index (χ1v) is 11.5. The number of Topliss-reactive ketones (excluding diaryl/α,β-unsaturated/α-hetero) is 1. The summed E-state index contributed by atoms with van der Waals surface area (Å²) in [6, 6.07) is 18.4. The second-order valence-electron chi connectivity index (χ2n) is 9.35. The number of aryl methyl sites for hydroxylation is 2. The zero-order chi connectivity index (χ0) is 25.4. The Labute approximate surface area is 205 Å². The van der Waals surface area contributed by atoms with Crippen LogP contribution in [0.4, 0.5) is 10.5 Å². The number of anilines is 1. The van der Waals surface area contributed by atoms with E-state index in [0.717, 1.165) is 16.7 Å². The molecule has 182 valence electrons. The lowest BCUT2D eigenvalue weighted by Gasteiger charge is -2.19. The molecule has 0 aliphatic rings. The van der Waals surface area contributed by atoms with Crippen molar-refractivity contribution in [2.24, 2.45) is 0 Å². The van der Waals surface area contributed by atoms with Crippen LogP contribution in [0.25, 0.3) is 0 Å². The highest BCUT2D eigenvalue weighted by molar-refractivity contribution is 5.97. The van der Waals surface area contributed by atoms with Crippen molar-refractivity contribution in [1.82, 2.24) is 10.3 Å². The smallest absolute Gasteiger partial charge is 0.412 e. The maximum Gasteiger partial charge on any atom is 0.412 e. The standard InChI is InChI=1S/C28H31N3O4/c1-19-5-7-21(8-6-19)17-30-26(33)22-12-15-24(29-18-22)25(32)16-11-20-9-13-23(14-10-20)31-27(34)35-28(2,3)4/h5-10,12-15,18H,11,16-17H2,1-4H3,(H,30,33)(H,31,34). The number of carbonyl (C=O) groups excluding carboxylic acids is 3. The molecule has 7 nitrogen and oxygen atoms in total. The Balaban J connectivity index is 1.47. The first kappa shape index (κ1) is 25.6. The molecule has 0 aliphatic heterocycles. The number of amides is 2. The Morgan fingerprint density at radius 2 is 1.54 bits per heavy atom. The van der Waals surface area contributed by atoms with Gasteiger partial charge in [0.2, 0.25) is 0 Å². The van der Waals surface area contributed by atoms with Gasteiger partial charge in [-0.05, 0) is 69.5 Å². The Bertz CT molecular complexity index is 1160. The van der Waals surface area contributed by atoms with Crippen LogP contribution in [0.15, 0.2) is 66.9 Å². The van der Waals surface area contributed by atoms with E-state index in [4.69, 9.17) is 4.74 Å². The number of rotatable bonds is 8. The zero-order valence-electron chi connectivity index (χ0n) is 20.6. The normalized spacial score (nSPS) is 11.0. The van der Waals surface area contributed by atoms with Gasteiger partial charge in [-0.3, -0.25) is 19.9 Å². The number of pyridine rings is 1. The molecule has 0 aliphatic carbocycles. The summed E-state index contributed by atoms with van der Waals surface area (Å²) in [5, 5.41) is 5.54. The van der Waals surface area contributed by atoms with Crippen molar-refractivity contribution >= 4 is 23.5 Å². The number of benzene rings is 2. The minimum atomic E-state index is -0.568. The van der Waals surface area contributed by atoms with Crippen molar-refractivity contribution in [1.29, 1.82) is 0 Å². The predicted octanol–water partition coefficient (Wildman–Crippen LogP) is 5.48. The molecule has 0 atom stereocenters. The van der Waals surface area contributed by atoms with Crippen molar-refractivity contribution in [3.63, 3.8) is 0 Å². The van der Waals surface area contributed by atoms with Gasteiger partial charge in [-0.15, -0.1) is 0 Å². The van der Waals surface area contributed by atoms with Crippen molar-refractivity contribution in [2.45, 2.75) is 52.7 Å². The summed E-state index contributed by atoms with van der Waals surface area (Å²) in [4.78, 5) is 41.0. The average molecular weight is 474 g/mol. The highest BCUT2D eigenvalue weighted by Crippen LogP contribution is 2.15. The van der Waals surface area contributed by atoms with Crippen LogP contribution in [0, 0.1) is 6.92 Å². The fourth-order valence-electron chi connectivity index (χ4n) is 3.25. The van der Waals surface area contributed by atoms with Gasteiger partial charge in [-0.1, -0.05) is 42.0 Å². The summed E-state index contributed by atoms with van der Waals surface area (Å²) in [5.41, 5.74) is 3.91. The van der Waals surface area contributed by atoms with Crippen LogP contribution in [-0.4, -0.2) is 28.4 Å². The molecule has 0 spiro atoms. The Hall–Kier alpha value is -4.00. The molecule has 1 aromatic heterocycles. The van der Waals surface area contributed by atoms with Crippen molar-refractivity contribution in [2.75, 3.05) is 5.32 Å². The molecule has 1 heterocycles. The molecule has 0 saturated heterocycles. The van der Waals surface area contributed by atoms with Crippen LogP contribution in [0.3, 0.4) is 0 Å². The quantitative estimate of drug-likeness (QED) is 0.422. The minimum Gasteiger partial charge on any atom is -0.444 e. The topological polar surface area (TPSA) is 97.4 Å². The maximum absolute atomic E-state index is 12.5. The summed E-state index contributed by atoms with van der Waals surface area (Å²) >= 11 is 0. The fraction of sp³-hybridized carbons (Fsp3) is 0.286. The van der Waals surface area contributed by atoms with Crippen LogP contribution >= 0.6 is 0 Å². The van der Waals surface area contributed by atoms with Crippen molar-refractivity contribution < 1.29 is 19.1 Å². The Kier molecular flexibility index (Phi) is 8.36. The number of nitrogens with one attached hydrogen (secondary N) is 2. The summed E-state index contributed by atoms with van der Waals surface area (Å²) in [5.74, 6) is -0.343. The molecular weight excluding hydrogens is 442 g/mol. The molecular formula is C28H31N3O4. The number of carbonyl (C=O) groups is 3. The van der Waals surface area contributed by atoms with Gasteiger partial charge in [-0.25, -0.2) is 4.79 Å². The molecule has 0 unspecified atom stereocenters. The van der Waals surface area contributed by atoms with Crippen LogP contribution < -0.4 is 10.6 Å². The average Bonchev–Trinajstić information content (AvgIpc) is 2.82. The fourth-order valence-corrected chi connectivity index (χ4v) is 3.25. The molecule has 3 aromatic rings. The van der Waals surface area contributed by atoms with Crippen LogP contribution in [0.2, 0.25) is 0 Å². The lowest BCUT2D eigenvalue weighted by Crippen LogP contribution is -2.27. The van der Waals surface area contributed by atoms with Crippen molar-refractivity contribution in [3.8, 4) is 0 Å². The van der Waals surface area contributed by atoms with Crippen LogP contribution in [0.5, 0.6) is 0 Å². The van der Waals surface area contributed by atoms with E-state index in [0.29, 0.717) is 29.9 Å². The van der Waals surface area contributed by atoms with E-state index in [1.807, 2.05) is 43.3 Å². The third-order valence-corrected chi connectivity index (χ3v) is 5.12. The third kappa shape index (κ3) is 8.37. The molecule has 35 heavy (non-hydrogen) atoms. The summed E-state index contributed by atoms with van der Waals surface area (Å²) < 4.78 is 5.23. The highest BCUT2D eigenvalue weighted by atomic mass is 16.6. The molecule has 0 bridgehead atoms. The van der Waals surface area contributed by atoms with E-state index in [2.05, 4.69) is 15.6 Å². The first-order valence-electron chi connectivity index (χ1n) is 11.5. The van der Waals surface area contributed by atoms with Gasteiger partial charge in [0.25, 0.3) is 5.91 Å². The molecule has 7 heteroatoms. The summed E-state index contributed by atoms with van der Waals surface area (Å²) in [6.07, 6.45) is 1.73. The monoisotopic (exact) mass is 473 g/mol. The molecule has 2 N–H and O–H groups in total. The second-order valence-corrected chi connectivity index (χ2v) is 9.35. The number of hydrogen-bond donors (Lipinski definition) is 2. The third-order valence-electron chi connectivity index (χ3n) is 5.12. The SMILES string of the molecule is Cc1ccc(CNC(=O)c2ccc(C(=O)CCc3ccc(NC(=O)OC(C)(C)C)cc3)nc2)cc1. The van der Waals surface area contributed by atoms with Gasteiger partial charge in [-0.2, -0.15) is 0 Å². The van der Waals surface area contributed by atoms with Crippen molar-refractivity contribution in [3.05, 3.63) is 94.8 Å². The van der Waals surface area contributed by atoms with Gasteiger partial charge < -0.3 is 10.1 Å². The molecule has 0 radical (unpaired) electrons. The molecule has 2 amide bonds. The maximum atomic E-state index is 12.5. The first-order chi connectivity index (χ1) is 16.6. The number of hydrogen-bond acceptors (Lipinski definition) is 5. The lowest BCUT2D eigenvalue weighted by atomic mass is 10.0. The molecule has 3 rings (SSSR count).